The lowest BCUT2D eigenvalue weighted by Crippen LogP contribution is -1.87. The molecule has 0 fully saturated rings. The standard InChI is InChI=1S/C17H30/c1-6-12-17(8-3)14-11-9-10-13-16(5)15(4)7-2/h6,8H,1,7,9-14H2,2-5H3. The first-order chi connectivity index (χ1) is 8.15. The topological polar surface area (TPSA) is 0 Å². The quantitative estimate of drug-likeness (QED) is 0.329. The summed E-state index contributed by atoms with van der Waals surface area (Å²) in [5.41, 5.74) is 4.72. The van der Waals surface area contributed by atoms with Gasteiger partial charge in [-0.15, -0.1) is 6.58 Å². The summed E-state index contributed by atoms with van der Waals surface area (Å²) in [5.74, 6) is 0. The highest BCUT2D eigenvalue weighted by Gasteiger charge is 1.97. The highest BCUT2D eigenvalue weighted by atomic mass is 14.0. The fourth-order valence-corrected chi connectivity index (χ4v) is 1.98. The van der Waals surface area contributed by atoms with Crippen molar-refractivity contribution < 1.29 is 0 Å². The molecular formula is C17H30. The van der Waals surface area contributed by atoms with Crippen molar-refractivity contribution in [3.63, 3.8) is 0 Å². The molecule has 0 aromatic carbocycles. The monoisotopic (exact) mass is 234 g/mol. The van der Waals surface area contributed by atoms with E-state index in [0.717, 1.165) is 6.42 Å². The molecule has 0 saturated heterocycles. The zero-order chi connectivity index (χ0) is 13.1. The minimum Gasteiger partial charge on any atom is -0.103 e. The van der Waals surface area contributed by atoms with Crippen LogP contribution in [0.3, 0.4) is 0 Å². The summed E-state index contributed by atoms with van der Waals surface area (Å²) in [7, 11) is 0. The van der Waals surface area contributed by atoms with Crippen LogP contribution >= 0.6 is 0 Å². The van der Waals surface area contributed by atoms with Gasteiger partial charge in [-0.05, 0) is 59.3 Å². The highest BCUT2D eigenvalue weighted by Crippen LogP contribution is 2.17. The van der Waals surface area contributed by atoms with Crippen LogP contribution in [0.5, 0.6) is 0 Å². The predicted octanol–water partition coefficient (Wildman–Crippen LogP) is 6.21. The third-order valence-electron chi connectivity index (χ3n) is 3.62. The molecule has 0 heteroatoms. The van der Waals surface area contributed by atoms with Gasteiger partial charge in [0.05, 0.1) is 0 Å². The van der Waals surface area contributed by atoms with E-state index in [4.69, 9.17) is 0 Å². The first-order valence-corrected chi connectivity index (χ1v) is 7.05. The molecule has 0 bridgehead atoms. The lowest BCUT2D eigenvalue weighted by Gasteiger charge is -2.07. The molecule has 0 aromatic rings. The van der Waals surface area contributed by atoms with E-state index in [1.807, 2.05) is 6.08 Å². The van der Waals surface area contributed by atoms with Crippen LogP contribution in [-0.4, -0.2) is 0 Å². The molecule has 98 valence electrons. The average Bonchev–Trinajstić information content (AvgIpc) is 2.35. The Hall–Kier alpha value is -0.780. The maximum Gasteiger partial charge on any atom is -0.0142 e. The first-order valence-electron chi connectivity index (χ1n) is 7.05. The molecule has 0 amide bonds. The van der Waals surface area contributed by atoms with Crippen LogP contribution in [0, 0.1) is 0 Å². The van der Waals surface area contributed by atoms with Gasteiger partial charge in [0.2, 0.25) is 0 Å². The summed E-state index contributed by atoms with van der Waals surface area (Å²) in [6.45, 7) is 12.7. The van der Waals surface area contributed by atoms with Gasteiger partial charge < -0.3 is 0 Å². The lowest BCUT2D eigenvalue weighted by molar-refractivity contribution is 0.665. The van der Waals surface area contributed by atoms with Gasteiger partial charge in [-0.2, -0.15) is 0 Å². The largest absolute Gasteiger partial charge is 0.103 e. The Balaban J connectivity index is 3.69. The Bertz CT molecular complexity index is 266. The van der Waals surface area contributed by atoms with Crippen LogP contribution in [-0.2, 0) is 0 Å². The highest BCUT2D eigenvalue weighted by molar-refractivity contribution is 5.08. The Morgan fingerprint density at radius 2 is 1.65 bits per heavy atom. The van der Waals surface area contributed by atoms with Crippen molar-refractivity contribution in [2.24, 2.45) is 0 Å². The summed E-state index contributed by atoms with van der Waals surface area (Å²) in [6, 6.07) is 0. The van der Waals surface area contributed by atoms with Crippen molar-refractivity contribution in [3.05, 3.63) is 35.5 Å². The summed E-state index contributed by atoms with van der Waals surface area (Å²) < 4.78 is 0. The normalized spacial score (nSPS) is 13.5. The van der Waals surface area contributed by atoms with E-state index in [-0.39, 0.29) is 0 Å². The molecule has 0 atom stereocenters. The fraction of sp³-hybridized carbons (Fsp3) is 0.647. The molecule has 0 aliphatic heterocycles. The average molecular weight is 234 g/mol. The van der Waals surface area contributed by atoms with Gasteiger partial charge in [0, 0.05) is 0 Å². The van der Waals surface area contributed by atoms with Gasteiger partial charge in [0.1, 0.15) is 0 Å². The zero-order valence-corrected chi connectivity index (χ0v) is 12.3. The summed E-state index contributed by atoms with van der Waals surface area (Å²) in [5, 5.41) is 0. The second-order valence-electron chi connectivity index (χ2n) is 4.91. The van der Waals surface area contributed by atoms with Gasteiger partial charge in [0.15, 0.2) is 0 Å². The molecule has 0 spiro atoms. The molecule has 0 N–H and O–H groups in total. The minimum absolute atomic E-state index is 1.06. The van der Waals surface area contributed by atoms with Gasteiger partial charge in [-0.25, -0.2) is 0 Å². The van der Waals surface area contributed by atoms with Crippen molar-refractivity contribution in [3.8, 4) is 0 Å². The van der Waals surface area contributed by atoms with Crippen LogP contribution in [0.4, 0.5) is 0 Å². The van der Waals surface area contributed by atoms with Gasteiger partial charge in [-0.1, -0.05) is 42.2 Å². The number of unbranched alkanes of at least 4 members (excludes halogenated alkanes) is 2. The number of allylic oxidation sites excluding steroid dienone is 5. The van der Waals surface area contributed by atoms with Gasteiger partial charge >= 0.3 is 0 Å². The predicted molar refractivity (Wildman–Crippen MR) is 80.3 cm³/mol. The maximum absolute atomic E-state index is 3.80. The summed E-state index contributed by atoms with van der Waals surface area (Å²) >= 11 is 0. The maximum atomic E-state index is 3.80. The Morgan fingerprint density at radius 1 is 1.00 bits per heavy atom. The molecule has 0 radical (unpaired) electrons. The van der Waals surface area contributed by atoms with Crippen molar-refractivity contribution in [1.29, 1.82) is 0 Å². The van der Waals surface area contributed by atoms with E-state index in [9.17, 15) is 0 Å². The Labute approximate surface area is 109 Å². The summed E-state index contributed by atoms with van der Waals surface area (Å²) in [4.78, 5) is 0. The van der Waals surface area contributed by atoms with E-state index in [1.54, 1.807) is 11.1 Å². The van der Waals surface area contributed by atoms with Crippen LogP contribution in [0.15, 0.2) is 35.5 Å². The van der Waals surface area contributed by atoms with Crippen molar-refractivity contribution in [2.75, 3.05) is 0 Å². The SMILES string of the molecule is C=CCC(=CC)CCCCCC(C)=C(C)CC. The van der Waals surface area contributed by atoms with Crippen molar-refractivity contribution in [1.82, 2.24) is 0 Å². The molecule has 0 aliphatic carbocycles. The van der Waals surface area contributed by atoms with Crippen molar-refractivity contribution in [2.45, 2.75) is 72.6 Å². The van der Waals surface area contributed by atoms with E-state index < -0.39 is 0 Å². The van der Waals surface area contributed by atoms with Gasteiger partial charge in [0.25, 0.3) is 0 Å². The third-order valence-corrected chi connectivity index (χ3v) is 3.62. The van der Waals surface area contributed by atoms with Crippen molar-refractivity contribution >= 4 is 0 Å². The molecule has 17 heavy (non-hydrogen) atoms. The molecule has 0 aliphatic rings. The van der Waals surface area contributed by atoms with E-state index in [1.165, 1.54) is 44.1 Å². The Morgan fingerprint density at radius 3 is 2.18 bits per heavy atom. The molecular weight excluding hydrogens is 204 g/mol. The second-order valence-corrected chi connectivity index (χ2v) is 4.91. The van der Waals surface area contributed by atoms with Crippen LogP contribution < -0.4 is 0 Å². The first kappa shape index (κ1) is 16.2. The van der Waals surface area contributed by atoms with Gasteiger partial charge in [-0.3, -0.25) is 0 Å². The summed E-state index contributed by atoms with van der Waals surface area (Å²) in [6.07, 6.45) is 13.1. The van der Waals surface area contributed by atoms with E-state index in [0.29, 0.717) is 0 Å². The van der Waals surface area contributed by atoms with E-state index >= 15 is 0 Å². The number of rotatable bonds is 9. The fourth-order valence-electron chi connectivity index (χ4n) is 1.98. The molecule has 0 saturated carbocycles. The van der Waals surface area contributed by atoms with Crippen LogP contribution in [0.2, 0.25) is 0 Å². The van der Waals surface area contributed by atoms with Crippen LogP contribution in [0.25, 0.3) is 0 Å². The minimum atomic E-state index is 1.06. The molecule has 0 unspecified atom stereocenters. The van der Waals surface area contributed by atoms with Crippen LogP contribution in [0.1, 0.15) is 72.6 Å². The zero-order valence-electron chi connectivity index (χ0n) is 12.3. The molecule has 0 nitrogen and oxygen atoms in total. The molecule has 0 rings (SSSR count). The lowest BCUT2D eigenvalue weighted by atomic mass is 10.00. The molecule has 0 aromatic heterocycles. The number of hydrogen-bond acceptors (Lipinski definition) is 0. The number of hydrogen-bond donors (Lipinski definition) is 0. The second kappa shape index (κ2) is 10.4. The van der Waals surface area contributed by atoms with E-state index in [2.05, 4.69) is 40.3 Å². The third kappa shape index (κ3) is 8.01. The Kier molecular flexibility index (Phi) is 9.90. The molecule has 0 heterocycles. The smallest absolute Gasteiger partial charge is 0.0142 e.